The van der Waals surface area contributed by atoms with Crippen molar-refractivity contribution in [3.63, 3.8) is 0 Å². The molecule has 4 unspecified atom stereocenters. The number of benzene rings is 2. The SMILES string of the molecule is Cc1ccc(C(=O)Oc2ccc(C(=O)COC(=O)CCN3C(=O)C4CC(Br)C(Br)CC4C3=O)cc2)cc1. The van der Waals surface area contributed by atoms with Crippen LogP contribution in [0, 0.1) is 18.8 Å². The van der Waals surface area contributed by atoms with Crippen molar-refractivity contribution in [2.24, 2.45) is 11.8 Å². The van der Waals surface area contributed by atoms with E-state index in [2.05, 4.69) is 31.9 Å². The maximum Gasteiger partial charge on any atom is 0.343 e. The number of rotatable bonds is 8. The maximum atomic E-state index is 12.7. The van der Waals surface area contributed by atoms with Crippen LogP contribution in [0.2, 0.25) is 0 Å². The molecule has 2 aliphatic rings. The standard InChI is InChI=1S/C27H25Br2NO7/c1-15-2-4-17(5-3-15)27(35)37-18-8-6-16(7-9-18)23(31)14-36-24(32)10-11-30-25(33)19-12-21(28)22(29)13-20(19)26(30)34/h2-9,19-22H,10-14H2,1H3. The molecule has 2 aromatic rings. The number of aryl methyl sites for hydroxylation is 1. The zero-order valence-electron chi connectivity index (χ0n) is 20.0. The van der Waals surface area contributed by atoms with E-state index in [0.29, 0.717) is 18.4 Å². The van der Waals surface area contributed by atoms with E-state index in [1.54, 1.807) is 12.1 Å². The third-order valence-electron chi connectivity index (χ3n) is 6.58. The molecule has 2 amide bonds. The molecule has 0 bridgehead atoms. The number of imide groups is 1. The molecular formula is C27H25Br2NO7. The summed E-state index contributed by atoms with van der Waals surface area (Å²) in [7, 11) is 0. The lowest BCUT2D eigenvalue weighted by molar-refractivity contribution is -0.145. The summed E-state index contributed by atoms with van der Waals surface area (Å²) in [4.78, 5) is 63.6. The summed E-state index contributed by atoms with van der Waals surface area (Å²) >= 11 is 7.08. The summed E-state index contributed by atoms with van der Waals surface area (Å²) in [5.41, 5.74) is 1.72. The number of fused-ring (bicyclic) bond motifs is 1. The van der Waals surface area contributed by atoms with E-state index in [1.807, 2.05) is 19.1 Å². The molecule has 8 nitrogen and oxygen atoms in total. The average Bonchev–Trinajstić information content (AvgIpc) is 3.10. The fourth-order valence-electron chi connectivity index (χ4n) is 4.45. The molecule has 2 aromatic carbocycles. The first-order valence-electron chi connectivity index (χ1n) is 11.8. The van der Waals surface area contributed by atoms with Gasteiger partial charge < -0.3 is 9.47 Å². The topological polar surface area (TPSA) is 107 Å². The second-order valence-electron chi connectivity index (χ2n) is 9.16. The molecule has 0 radical (unpaired) electrons. The van der Waals surface area contributed by atoms with Crippen molar-refractivity contribution in [1.29, 1.82) is 0 Å². The number of likely N-dealkylation sites (tertiary alicyclic amines) is 1. The number of halogens is 2. The molecule has 0 aromatic heterocycles. The summed E-state index contributed by atoms with van der Waals surface area (Å²) in [5.74, 6) is -2.61. The second-order valence-corrected chi connectivity index (χ2v) is 11.5. The number of ketones is 1. The van der Waals surface area contributed by atoms with Crippen LogP contribution >= 0.6 is 31.9 Å². The van der Waals surface area contributed by atoms with Crippen LogP contribution in [-0.2, 0) is 19.1 Å². The zero-order valence-corrected chi connectivity index (χ0v) is 23.2. The molecule has 1 saturated heterocycles. The van der Waals surface area contributed by atoms with Gasteiger partial charge in [-0.3, -0.25) is 24.1 Å². The Labute approximate surface area is 230 Å². The summed E-state index contributed by atoms with van der Waals surface area (Å²) in [6, 6.07) is 12.9. The smallest absolute Gasteiger partial charge is 0.343 e. The molecule has 0 spiro atoms. The minimum absolute atomic E-state index is 0.0708. The highest BCUT2D eigenvalue weighted by Gasteiger charge is 2.51. The van der Waals surface area contributed by atoms with Crippen molar-refractivity contribution < 1.29 is 33.4 Å². The summed E-state index contributed by atoms with van der Waals surface area (Å²) in [5, 5.41) is 0. The minimum Gasteiger partial charge on any atom is -0.457 e. The first-order chi connectivity index (χ1) is 17.6. The Kier molecular flexibility index (Phi) is 8.59. The fourth-order valence-corrected chi connectivity index (χ4v) is 5.69. The van der Waals surface area contributed by atoms with Gasteiger partial charge in [0, 0.05) is 21.8 Å². The van der Waals surface area contributed by atoms with Crippen molar-refractivity contribution in [2.75, 3.05) is 13.2 Å². The molecule has 4 rings (SSSR count). The summed E-state index contributed by atoms with van der Waals surface area (Å²) < 4.78 is 10.4. The van der Waals surface area contributed by atoms with Crippen LogP contribution in [0.1, 0.15) is 45.5 Å². The molecule has 4 atom stereocenters. The van der Waals surface area contributed by atoms with E-state index in [1.165, 1.54) is 24.3 Å². The van der Waals surface area contributed by atoms with Gasteiger partial charge in [0.05, 0.1) is 23.8 Å². The Balaban J connectivity index is 1.23. The van der Waals surface area contributed by atoms with Gasteiger partial charge in [0.2, 0.25) is 11.8 Å². The summed E-state index contributed by atoms with van der Waals surface area (Å²) in [6.45, 7) is 1.37. The molecule has 10 heteroatoms. The van der Waals surface area contributed by atoms with E-state index >= 15 is 0 Å². The lowest BCUT2D eigenvalue weighted by atomic mass is 9.81. The van der Waals surface area contributed by atoms with E-state index in [-0.39, 0.29) is 57.6 Å². The van der Waals surface area contributed by atoms with Crippen LogP contribution in [0.4, 0.5) is 0 Å². The third-order valence-corrected chi connectivity index (χ3v) is 9.31. The predicted octanol–water partition coefficient (Wildman–Crippen LogP) is 4.25. The van der Waals surface area contributed by atoms with Crippen LogP contribution < -0.4 is 4.74 Å². The van der Waals surface area contributed by atoms with Gasteiger partial charge in [-0.15, -0.1) is 0 Å². The largest absolute Gasteiger partial charge is 0.457 e. The molecule has 1 aliphatic heterocycles. The van der Waals surface area contributed by atoms with Gasteiger partial charge in [-0.1, -0.05) is 49.6 Å². The average molecular weight is 635 g/mol. The molecule has 2 fully saturated rings. The van der Waals surface area contributed by atoms with Gasteiger partial charge in [-0.05, 0) is 56.2 Å². The van der Waals surface area contributed by atoms with Gasteiger partial charge in [0.1, 0.15) is 5.75 Å². The Bertz CT molecular complexity index is 1180. The van der Waals surface area contributed by atoms with E-state index in [9.17, 15) is 24.0 Å². The van der Waals surface area contributed by atoms with Gasteiger partial charge in [0.15, 0.2) is 12.4 Å². The number of carbonyl (C=O) groups is 5. The lowest BCUT2D eigenvalue weighted by Crippen LogP contribution is -2.34. The molecule has 0 N–H and O–H groups in total. The van der Waals surface area contributed by atoms with Crippen molar-refractivity contribution in [1.82, 2.24) is 4.90 Å². The number of hydrogen-bond donors (Lipinski definition) is 0. The highest BCUT2D eigenvalue weighted by Crippen LogP contribution is 2.43. The van der Waals surface area contributed by atoms with Crippen molar-refractivity contribution in [3.8, 4) is 5.75 Å². The van der Waals surface area contributed by atoms with Crippen molar-refractivity contribution in [3.05, 3.63) is 65.2 Å². The maximum absolute atomic E-state index is 12.7. The summed E-state index contributed by atoms with van der Waals surface area (Å²) in [6.07, 6.45) is 0.933. The number of hydrogen-bond acceptors (Lipinski definition) is 7. The number of nitrogens with zero attached hydrogens (tertiary/aromatic N) is 1. The number of esters is 2. The Morgan fingerprint density at radius 2 is 1.41 bits per heavy atom. The molecule has 1 heterocycles. The van der Waals surface area contributed by atoms with Crippen LogP contribution in [0.3, 0.4) is 0 Å². The Morgan fingerprint density at radius 1 is 0.865 bits per heavy atom. The first kappa shape index (κ1) is 27.2. The van der Waals surface area contributed by atoms with Crippen LogP contribution in [0.5, 0.6) is 5.75 Å². The zero-order chi connectivity index (χ0) is 26.7. The third kappa shape index (κ3) is 6.35. The van der Waals surface area contributed by atoms with Crippen LogP contribution in [-0.4, -0.2) is 57.2 Å². The molecule has 37 heavy (non-hydrogen) atoms. The van der Waals surface area contributed by atoms with Crippen LogP contribution in [0.25, 0.3) is 0 Å². The van der Waals surface area contributed by atoms with Crippen molar-refractivity contribution >= 4 is 61.4 Å². The highest BCUT2D eigenvalue weighted by molar-refractivity contribution is 9.12. The van der Waals surface area contributed by atoms with E-state index in [4.69, 9.17) is 9.47 Å². The van der Waals surface area contributed by atoms with E-state index in [0.717, 1.165) is 10.5 Å². The van der Waals surface area contributed by atoms with Crippen LogP contribution in [0.15, 0.2) is 48.5 Å². The van der Waals surface area contributed by atoms with Gasteiger partial charge >= 0.3 is 11.9 Å². The van der Waals surface area contributed by atoms with E-state index < -0.39 is 24.3 Å². The molecule has 1 saturated carbocycles. The quantitative estimate of drug-likeness (QED) is 0.140. The Hall–Kier alpha value is -2.85. The fraction of sp³-hybridized carbons (Fsp3) is 0.370. The molecule has 1 aliphatic carbocycles. The Morgan fingerprint density at radius 3 is 1.97 bits per heavy atom. The van der Waals surface area contributed by atoms with Crippen molar-refractivity contribution in [2.45, 2.75) is 35.8 Å². The number of alkyl halides is 2. The van der Waals surface area contributed by atoms with Gasteiger partial charge in [-0.25, -0.2) is 4.79 Å². The monoisotopic (exact) mass is 633 g/mol. The number of amides is 2. The highest BCUT2D eigenvalue weighted by atomic mass is 79.9. The minimum atomic E-state index is -0.677. The molecule has 194 valence electrons. The molecular weight excluding hydrogens is 610 g/mol. The predicted molar refractivity (Wildman–Crippen MR) is 141 cm³/mol. The normalized spacial score (nSPS) is 22.9. The first-order valence-corrected chi connectivity index (χ1v) is 13.7. The number of carbonyl (C=O) groups excluding carboxylic acids is 5. The van der Waals surface area contributed by atoms with Gasteiger partial charge in [0.25, 0.3) is 0 Å². The second kappa shape index (κ2) is 11.7. The number of ether oxygens (including phenoxy) is 2. The van der Waals surface area contributed by atoms with Gasteiger partial charge in [-0.2, -0.15) is 0 Å². The number of Topliss-reactive ketones (excluding diaryl/α,β-unsaturated/α-hetero) is 1. The lowest BCUT2D eigenvalue weighted by Gasteiger charge is -2.29.